The van der Waals surface area contributed by atoms with E-state index >= 15 is 0 Å². The summed E-state index contributed by atoms with van der Waals surface area (Å²) in [7, 11) is 0. The number of amides is 2. The van der Waals surface area contributed by atoms with Gasteiger partial charge in [-0.25, -0.2) is 0 Å². The second kappa shape index (κ2) is 10.1. The molecule has 0 radical (unpaired) electrons. The summed E-state index contributed by atoms with van der Waals surface area (Å²) in [5.74, 6) is 1.55. The molecule has 5 nitrogen and oxygen atoms in total. The summed E-state index contributed by atoms with van der Waals surface area (Å²) in [5, 5.41) is 3.01. The third kappa shape index (κ3) is 5.61. The topological polar surface area (TPSA) is 52.6 Å². The zero-order valence-corrected chi connectivity index (χ0v) is 17.8. The Bertz CT molecular complexity index is 726. The van der Waals surface area contributed by atoms with Gasteiger partial charge in [-0.3, -0.25) is 14.5 Å². The van der Waals surface area contributed by atoms with E-state index in [1.165, 1.54) is 0 Å². The van der Waals surface area contributed by atoms with E-state index in [1.54, 1.807) is 0 Å². The highest BCUT2D eigenvalue weighted by molar-refractivity contribution is 7.98. The van der Waals surface area contributed by atoms with Crippen LogP contribution in [0.3, 0.4) is 0 Å². The van der Waals surface area contributed by atoms with E-state index in [-0.39, 0.29) is 11.8 Å². The van der Waals surface area contributed by atoms with Gasteiger partial charge in [-0.2, -0.15) is 11.8 Å². The van der Waals surface area contributed by atoms with E-state index in [0.717, 1.165) is 62.6 Å². The number of thioether (sulfide) groups is 1. The molecule has 3 rings (SSSR count). The zero-order chi connectivity index (χ0) is 19.9. The average molecular weight is 402 g/mol. The van der Waals surface area contributed by atoms with Crippen LogP contribution in [0, 0.1) is 12.8 Å². The van der Waals surface area contributed by atoms with Crippen molar-refractivity contribution < 1.29 is 9.59 Å². The Morgan fingerprint density at radius 3 is 2.68 bits per heavy atom. The molecule has 0 aromatic heterocycles. The number of hydrogen-bond donors (Lipinski definition) is 1. The molecular formula is C22H31N3O2S. The lowest BCUT2D eigenvalue weighted by Gasteiger charge is -2.34. The highest BCUT2D eigenvalue weighted by Crippen LogP contribution is 2.23. The average Bonchev–Trinajstić information content (AvgIpc) is 3.21. The quantitative estimate of drug-likeness (QED) is 0.712. The number of allylic oxidation sites excluding steroid dienone is 2. The SMILES string of the molecule is CSCCN1CCN(C(=O)c2ccc(C)c(NC(=O)CC3C=CCC3)c2)CC1. The van der Waals surface area contributed by atoms with Crippen LogP contribution < -0.4 is 5.32 Å². The summed E-state index contributed by atoms with van der Waals surface area (Å²) in [4.78, 5) is 29.6. The third-order valence-corrected chi connectivity index (χ3v) is 6.18. The fourth-order valence-corrected chi connectivity index (χ4v) is 4.21. The van der Waals surface area contributed by atoms with Crippen LogP contribution in [0.15, 0.2) is 30.4 Å². The Hall–Kier alpha value is -1.79. The van der Waals surface area contributed by atoms with Gasteiger partial charge in [0, 0.05) is 56.1 Å². The molecule has 1 unspecified atom stereocenters. The van der Waals surface area contributed by atoms with E-state index in [1.807, 2.05) is 41.8 Å². The minimum atomic E-state index is 0.0201. The fourth-order valence-electron chi connectivity index (χ4n) is 3.77. The summed E-state index contributed by atoms with van der Waals surface area (Å²) in [6.45, 7) is 6.42. The molecular weight excluding hydrogens is 370 g/mol. The molecule has 1 N–H and O–H groups in total. The molecule has 6 heteroatoms. The van der Waals surface area contributed by atoms with Crippen molar-refractivity contribution in [3.05, 3.63) is 41.5 Å². The lowest BCUT2D eigenvalue weighted by molar-refractivity contribution is -0.116. The standard InChI is InChI=1S/C22H31N3O2S/c1-17-7-8-19(16-20(17)23-21(26)15-18-5-3-4-6-18)22(27)25-11-9-24(10-12-25)13-14-28-2/h3,5,7-8,16,18H,4,6,9-15H2,1-2H3,(H,23,26). The summed E-state index contributed by atoms with van der Waals surface area (Å²) in [6, 6.07) is 5.63. The summed E-state index contributed by atoms with van der Waals surface area (Å²) in [6.07, 6.45) is 9.01. The van der Waals surface area contributed by atoms with Crippen LogP contribution in [0.4, 0.5) is 5.69 Å². The van der Waals surface area contributed by atoms with Gasteiger partial charge in [0.05, 0.1) is 0 Å². The Kier molecular flexibility index (Phi) is 7.57. The summed E-state index contributed by atoms with van der Waals surface area (Å²) >= 11 is 1.86. The lowest BCUT2D eigenvalue weighted by Crippen LogP contribution is -2.49. The first-order chi connectivity index (χ1) is 13.6. The van der Waals surface area contributed by atoms with Gasteiger partial charge in [-0.05, 0) is 49.6 Å². The molecule has 1 aliphatic heterocycles. The van der Waals surface area contributed by atoms with Crippen molar-refractivity contribution in [3.63, 3.8) is 0 Å². The van der Waals surface area contributed by atoms with Crippen LogP contribution in [-0.2, 0) is 4.79 Å². The van der Waals surface area contributed by atoms with Crippen LogP contribution in [0.25, 0.3) is 0 Å². The van der Waals surface area contributed by atoms with Crippen molar-refractivity contribution in [2.75, 3.05) is 50.0 Å². The largest absolute Gasteiger partial charge is 0.336 e. The molecule has 1 heterocycles. The molecule has 1 atom stereocenters. The molecule has 0 bridgehead atoms. The van der Waals surface area contributed by atoms with Crippen molar-refractivity contribution in [1.29, 1.82) is 0 Å². The number of piperazine rings is 1. The number of hydrogen-bond acceptors (Lipinski definition) is 4. The summed E-state index contributed by atoms with van der Waals surface area (Å²) in [5.41, 5.74) is 2.38. The normalized spacial score (nSPS) is 19.8. The lowest BCUT2D eigenvalue weighted by atomic mass is 10.0. The molecule has 2 amide bonds. The molecule has 0 saturated carbocycles. The van der Waals surface area contributed by atoms with Gasteiger partial charge in [-0.1, -0.05) is 18.2 Å². The number of carbonyl (C=O) groups excluding carboxylic acids is 2. The minimum Gasteiger partial charge on any atom is -0.336 e. The molecule has 0 spiro atoms. The monoisotopic (exact) mass is 401 g/mol. The molecule has 2 aliphatic rings. The highest BCUT2D eigenvalue weighted by atomic mass is 32.2. The molecule has 1 aromatic carbocycles. The fraction of sp³-hybridized carbons (Fsp3) is 0.545. The van der Waals surface area contributed by atoms with Gasteiger partial charge >= 0.3 is 0 Å². The Morgan fingerprint density at radius 2 is 2.00 bits per heavy atom. The van der Waals surface area contributed by atoms with Crippen molar-refractivity contribution >= 4 is 29.3 Å². The molecule has 28 heavy (non-hydrogen) atoms. The Balaban J connectivity index is 1.58. The van der Waals surface area contributed by atoms with Crippen molar-refractivity contribution in [1.82, 2.24) is 9.80 Å². The number of aryl methyl sites for hydroxylation is 1. The predicted octanol–water partition coefficient (Wildman–Crippen LogP) is 3.41. The molecule has 1 aromatic rings. The van der Waals surface area contributed by atoms with E-state index in [4.69, 9.17) is 0 Å². The second-order valence-corrected chi connectivity index (χ2v) is 8.66. The molecule has 152 valence electrons. The van der Waals surface area contributed by atoms with E-state index < -0.39 is 0 Å². The third-order valence-electron chi connectivity index (χ3n) is 5.59. The number of nitrogens with zero attached hydrogens (tertiary/aromatic N) is 2. The summed E-state index contributed by atoms with van der Waals surface area (Å²) < 4.78 is 0. The molecule has 1 saturated heterocycles. The van der Waals surface area contributed by atoms with E-state index in [9.17, 15) is 9.59 Å². The molecule has 1 fully saturated rings. The van der Waals surface area contributed by atoms with Gasteiger partial charge in [0.1, 0.15) is 0 Å². The van der Waals surface area contributed by atoms with Gasteiger partial charge in [0.25, 0.3) is 5.91 Å². The maximum atomic E-state index is 12.9. The number of carbonyl (C=O) groups is 2. The highest BCUT2D eigenvalue weighted by Gasteiger charge is 2.22. The van der Waals surface area contributed by atoms with Crippen LogP contribution in [0.1, 0.15) is 35.2 Å². The number of rotatable bonds is 7. The number of nitrogens with one attached hydrogen (secondary N) is 1. The minimum absolute atomic E-state index is 0.0201. The van der Waals surface area contributed by atoms with Gasteiger partial charge in [0.2, 0.25) is 5.91 Å². The van der Waals surface area contributed by atoms with Crippen LogP contribution >= 0.6 is 11.8 Å². The Labute approximate surface area is 172 Å². The van der Waals surface area contributed by atoms with Crippen molar-refractivity contribution in [3.8, 4) is 0 Å². The second-order valence-electron chi connectivity index (χ2n) is 7.67. The van der Waals surface area contributed by atoms with Gasteiger partial charge < -0.3 is 10.2 Å². The maximum Gasteiger partial charge on any atom is 0.254 e. The van der Waals surface area contributed by atoms with Crippen molar-refractivity contribution in [2.45, 2.75) is 26.2 Å². The van der Waals surface area contributed by atoms with Crippen LogP contribution in [0.5, 0.6) is 0 Å². The maximum absolute atomic E-state index is 12.9. The predicted molar refractivity (Wildman–Crippen MR) is 117 cm³/mol. The first-order valence-electron chi connectivity index (χ1n) is 10.1. The van der Waals surface area contributed by atoms with E-state index in [0.29, 0.717) is 17.9 Å². The Morgan fingerprint density at radius 1 is 1.21 bits per heavy atom. The van der Waals surface area contributed by atoms with Crippen molar-refractivity contribution in [2.24, 2.45) is 5.92 Å². The van der Waals surface area contributed by atoms with Gasteiger partial charge in [0.15, 0.2) is 0 Å². The number of benzene rings is 1. The first-order valence-corrected chi connectivity index (χ1v) is 11.5. The number of anilines is 1. The molecule has 1 aliphatic carbocycles. The smallest absolute Gasteiger partial charge is 0.254 e. The zero-order valence-electron chi connectivity index (χ0n) is 16.9. The van der Waals surface area contributed by atoms with E-state index in [2.05, 4.69) is 28.6 Å². The van der Waals surface area contributed by atoms with Crippen LogP contribution in [0.2, 0.25) is 0 Å². The van der Waals surface area contributed by atoms with Gasteiger partial charge in [-0.15, -0.1) is 0 Å². The van der Waals surface area contributed by atoms with Crippen LogP contribution in [-0.4, -0.2) is 66.3 Å². The first kappa shape index (κ1) is 20.9.